The first-order valence-electron chi connectivity index (χ1n) is 4.84. The van der Waals surface area contributed by atoms with E-state index in [4.69, 9.17) is 10.3 Å². The normalized spacial score (nSPS) is 13.5. The molecule has 1 unspecified atom stereocenters. The maximum Gasteiger partial charge on any atom is 0.256 e. The van der Waals surface area contributed by atoms with Crippen LogP contribution in [-0.4, -0.2) is 21.8 Å². The summed E-state index contributed by atoms with van der Waals surface area (Å²) in [6.45, 7) is 4.37. The Kier molecular flexibility index (Phi) is 4.03. The predicted octanol–water partition coefficient (Wildman–Crippen LogP) is 0.650. The summed E-state index contributed by atoms with van der Waals surface area (Å²) in [5.74, 6) is 1.46. The van der Waals surface area contributed by atoms with Crippen LogP contribution in [0.25, 0.3) is 0 Å². The topological polar surface area (TPSA) is 85.2 Å². The number of aliphatic hydroxyl groups is 1. The van der Waals surface area contributed by atoms with Crippen molar-refractivity contribution < 1.29 is 9.63 Å². The summed E-state index contributed by atoms with van der Waals surface area (Å²) < 4.78 is 4.86. The number of aryl methyl sites for hydroxylation is 1. The van der Waals surface area contributed by atoms with Gasteiger partial charge in [0.15, 0.2) is 5.82 Å². The van der Waals surface area contributed by atoms with Crippen molar-refractivity contribution in [3.05, 3.63) is 11.7 Å². The molecule has 0 saturated carbocycles. The van der Waals surface area contributed by atoms with Gasteiger partial charge in [-0.05, 0) is 12.3 Å². The van der Waals surface area contributed by atoms with Gasteiger partial charge in [0, 0.05) is 13.0 Å². The maximum absolute atomic E-state index is 9.30. The minimum absolute atomic E-state index is 0.103. The Bertz CT molecular complexity index is 273. The lowest BCUT2D eigenvalue weighted by Crippen LogP contribution is -2.11. The molecule has 1 aromatic rings. The van der Waals surface area contributed by atoms with Gasteiger partial charge in [-0.2, -0.15) is 4.98 Å². The van der Waals surface area contributed by atoms with Crippen LogP contribution in [0.15, 0.2) is 4.52 Å². The molecule has 0 bridgehead atoms. The molecule has 0 aromatic carbocycles. The number of nitrogens with zero attached hydrogens (tertiary/aromatic N) is 2. The van der Waals surface area contributed by atoms with E-state index in [2.05, 4.69) is 24.0 Å². The summed E-state index contributed by atoms with van der Waals surface area (Å²) in [6, 6.07) is 0. The smallest absolute Gasteiger partial charge is 0.256 e. The Labute approximate surface area is 83.3 Å². The molecule has 1 atom stereocenters. The van der Waals surface area contributed by atoms with Gasteiger partial charge in [0.25, 0.3) is 5.89 Å². The second-order valence-corrected chi connectivity index (χ2v) is 3.73. The van der Waals surface area contributed by atoms with Crippen molar-refractivity contribution in [1.29, 1.82) is 0 Å². The quantitative estimate of drug-likeness (QED) is 0.727. The number of hydrogen-bond acceptors (Lipinski definition) is 5. The highest BCUT2D eigenvalue weighted by atomic mass is 16.5. The highest BCUT2D eigenvalue weighted by molar-refractivity contribution is 4.90. The van der Waals surface area contributed by atoms with Crippen LogP contribution in [-0.2, 0) is 6.42 Å². The molecule has 80 valence electrons. The second-order valence-electron chi connectivity index (χ2n) is 3.73. The largest absolute Gasteiger partial charge is 0.382 e. The van der Waals surface area contributed by atoms with Crippen LogP contribution in [0.2, 0.25) is 0 Å². The van der Waals surface area contributed by atoms with Crippen molar-refractivity contribution in [3.8, 4) is 0 Å². The van der Waals surface area contributed by atoms with E-state index in [1.54, 1.807) is 0 Å². The Balaban J connectivity index is 2.50. The Hall–Kier alpha value is -0.940. The van der Waals surface area contributed by atoms with E-state index < -0.39 is 6.10 Å². The molecule has 14 heavy (non-hydrogen) atoms. The average Bonchev–Trinajstić information content (AvgIpc) is 2.62. The molecule has 0 aliphatic heterocycles. The first-order valence-corrected chi connectivity index (χ1v) is 4.84. The maximum atomic E-state index is 9.30. The van der Waals surface area contributed by atoms with Gasteiger partial charge in [0.1, 0.15) is 6.10 Å². The summed E-state index contributed by atoms with van der Waals surface area (Å²) in [7, 11) is 0. The molecular formula is C9H17N3O2. The van der Waals surface area contributed by atoms with Crippen LogP contribution in [0.1, 0.15) is 38.1 Å². The number of rotatable bonds is 5. The number of nitrogens with two attached hydrogens (primary N) is 1. The summed E-state index contributed by atoms with van der Waals surface area (Å²) in [6.07, 6.45) is 0.950. The first-order chi connectivity index (χ1) is 6.63. The van der Waals surface area contributed by atoms with Gasteiger partial charge in [-0.25, -0.2) is 0 Å². The van der Waals surface area contributed by atoms with Crippen LogP contribution in [0, 0.1) is 5.92 Å². The Morgan fingerprint density at radius 3 is 2.79 bits per heavy atom. The van der Waals surface area contributed by atoms with Crippen molar-refractivity contribution in [2.45, 2.75) is 32.8 Å². The van der Waals surface area contributed by atoms with E-state index in [1.807, 2.05) is 0 Å². The zero-order valence-corrected chi connectivity index (χ0v) is 8.60. The fraction of sp³-hybridized carbons (Fsp3) is 0.778. The molecule has 0 spiro atoms. The van der Waals surface area contributed by atoms with Gasteiger partial charge in [-0.3, -0.25) is 0 Å². The van der Waals surface area contributed by atoms with Crippen molar-refractivity contribution in [2.75, 3.05) is 6.54 Å². The first kappa shape index (κ1) is 11.1. The van der Waals surface area contributed by atoms with E-state index in [-0.39, 0.29) is 12.4 Å². The minimum Gasteiger partial charge on any atom is -0.382 e. The SMILES string of the molecule is CC(C)CCc1noc(C(O)CN)n1. The van der Waals surface area contributed by atoms with Crippen LogP contribution >= 0.6 is 0 Å². The lowest BCUT2D eigenvalue weighted by molar-refractivity contribution is 0.141. The van der Waals surface area contributed by atoms with Gasteiger partial charge in [-0.15, -0.1) is 0 Å². The molecule has 0 aliphatic carbocycles. The van der Waals surface area contributed by atoms with Crippen LogP contribution < -0.4 is 5.73 Å². The van der Waals surface area contributed by atoms with Crippen molar-refractivity contribution >= 4 is 0 Å². The molecule has 1 rings (SSSR count). The van der Waals surface area contributed by atoms with Crippen LogP contribution in [0.5, 0.6) is 0 Å². The van der Waals surface area contributed by atoms with Crippen LogP contribution in [0.4, 0.5) is 0 Å². The monoisotopic (exact) mass is 199 g/mol. The van der Waals surface area contributed by atoms with Gasteiger partial charge >= 0.3 is 0 Å². The Morgan fingerprint density at radius 1 is 1.50 bits per heavy atom. The number of aliphatic hydroxyl groups excluding tert-OH is 1. The highest BCUT2D eigenvalue weighted by Crippen LogP contribution is 2.10. The van der Waals surface area contributed by atoms with Crippen molar-refractivity contribution in [3.63, 3.8) is 0 Å². The zero-order valence-electron chi connectivity index (χ0n) is 8.60. The van der Waals surface area contributed by atoms with E-state index in [0.717, 1.165) is 12.8 Å². The molecule has 1 aromatic heterocycles. The van der Waals surface area contributed by atoms with E-state index in [0.29, 0.717) is 11.7 Å². The molecule has 0 fully saturated rings. The summed E-state index contributed by atoms with van der Waals surface area (Å²) in [4.78, 5) is 4.05. The Morgan fingerprint density at radius 2 is 2.21 bits per heavy atom. The lowest BCUT2D eigenvalue weighted by atomic mass is 10.1. The van der Waals surface area contributed by atoms with Crippen LogP contribution in [0.3, 0.4) is 0 Å². The second kappa shape index (κ2) is 5.07. The van der Waals surface area contributed by atoms with Gasteiger partial charge in [-0.1, -0.05) is 19.0 Å². The summed E-state index contributed by atoms with van der Waals surface area (Å²) in [5.41, 5.74) is 5.26. The molecule has 1 heterocycles. The summed E-state index contributed by atoms with van der Waals surface area (Å²) >= 11 is 0. The molecule has 0 amide bonds. The third-order valence-electron chi connectivity index (χ3n) is 1.94. The number of aromatic nitrogens is 2. The zero-order chi connectivity index (χ0) is 10.6. The molecule has 0 radical (unpaired) electrons. The standard InChI is InChI=1S/C9H17N3O2/c1-6(2)3-4-8-11-9(14-12-8)7(13)5-10/h6-7,13H,3-5,10H2,1-2H3. The average molecular weight is 199 g/mol. The molecule has 0 saturated heterocycles. The minimum atomic E-state index is -0.838. The lowest BCUT2D eigenvalue weighted by Gasteiger charge is -1.99. The molecule has 5 heteroatoms. The van der Waals surface area contributed by atoms with Crippen molar-refractivity contribution in [2.24, 2.45) is 11.7 Å². The highest BCUT2D eigenvalue weighted by Gasteiger charge is 2.14. The van der Waals surface area contributed by atoms with Gasteiger partial charge < -0.3 is 15.4 Å². The fourth-order valence-electron chi connectivity index (χ4n) is 1.02. The predicted molar refractivity (Wildman–Crippen MR) is 51.5 cm³/mol. The molecular weight excluding hydrogens is 182 g/mol. The fourth-order valence-corrected chi connectivity index (χ4v) is 1.02. The molecule has 5 nitrogen and oxygen atoms in total. The molecule has 0 aliphatic rings. The van der Waals surface area contributed by atoms with Gasteiger partial charge in [0.2, 0.25) is 0 Å². The third-order valence-corrected chi connectivity index (χ3v) is 1.94. The van der Waals surface area contributed by atoms with E-state index >= 15 is 0 Å². The number of hydrogen-bond donors (Lipinski definition) is 2. The van der Waals surface area contributed by atoms with Gasteiger partial charge in [0.05, 0.1) is 0 Å². The van der Waals surface area contributed by atoms with E-state index in [1.165, 1.54) is 0 Å². The van der Waals surface area contributed by atoms with E-state index in [9.17, 15) is 5.11 Å². The summed E-state index contributed by atoms with van der Waals surface area (Å²) in [5, 5.41) is 13.1. The molecule has 3 N–H and O–H groups in total. The van der Waals surface area contributed by atoms with Crippen molar-refractivity contribution in [1.82, 2.24) is 10.1 Å². The third kappa shape index (κ3) is 3.08.